The molecule has 0 radical (unpaired) electrons. The number of thiophene rings is 1. The monoisotopic (exact) mass is 294 g/mol. The molecule has 0 spiro atoms. The maximum atomic E-state index is 13.9. The molecule has 1 aromatic rings. The molecule has 0 saturated carbocycles. The van der Waals surface area contributed by atoms with Gasteiger partial charge in [-0.05, 0) is 18.9 Å². The number of hydrogen-bond acceptors (Lipinski definition) is 2. The number of ether oxygens (including phenoxy) is 1. The molecule has 1 aromatic heterocycles. The topological polar surface area (TPSA) is 9.23 Å². The van der Waals surface area contributed by atoms with E-state index in [1.165, 1.54) is 17.4 Å². The molecule has 18 heavy (non-hydrogen) atoms. The van der Waals surface area contributed by atoms with Gasteiger partial charge in [0, 0.05) is 10.4 Å². The van der Waals surface area contributed by atoms with Crippen molar-refractivity contribution in [2.45, 2.75) is 51.1 Å². The van der Waals surface area contributed by atoms with Crippen molar-refractivity contribution in [3.05, 3.63) is 20.8 Å². The summed E-state index contributed by atoms with van der Waals surface area (Å²) in [5.41, 5.74) is -0.483. The Hall–Kier alpha value is -0.190. The minimum Gasteiger partial charge on any atom is -0.363 e. The van der Waals surface area contributed by atoms with Crippen LogP contribution in [0.4, 0.5) is 8.78 Å². The van der Waals surface area contributed by atoms with Gasteiger partial charge in [-0.15, -0.1) is 11.3 Å². The van der Waals surface area contributed by atoms with Gasteiger partial charge in [0.05, 0.1) is 4.34 Å². The van der Waals surface area contributed by atoms with Crippen LogP contribution in [0.15, 0.2) is 6.07 Å². The molecule has 0 atom stereocenters. The summed E-state index contributed by atoms with van der Waals surface area (Å²) in [7, 11) is 0. The maximum absolute atomic E-state index is 13.9. The molecule has 102 valence electrons. The minimum atomic E-state index is -2.91. The molecule has 5 heteroatoms. The minimum absolute atomic E-state index is 0.0747. The highest BCUT2D eigenvalue weighted by molar-refractivity contribution is 7.16. The fourth-order valence-electron chi connectivity index (χ4n) is 2.65. The van der Waals surface area contributed by atoms with Gasteiger partial charge < -0.3 is 4.74 Å². The van der Waals surface area contributed by atoms with Gasteiger partial charge in [0.25, 0.3) is 5.92 Å². The average Bonchev–Trinajstić information content (AvgIpc) is 2.69. The van der Waals surface area contributed by atoms with Gasteiger partial charge in [0.15, 0.2) is 0 Å². The van der Waals surface area contributed by atoms with Gasteiger partial charge in [-0.1, -0.05) is 38.3 Å². The van der Waals surface area contributed by atoms with Gasteiger partial charge in [0.1, 0.15) is 12.2 Å². The Kier molecular flexibility index (Phi) is 4.00. The fraction of sp³-hybridized carbons (Fsp3) is 0.692. The summed E-state index contributed by atoms with van der Waals surface area (Å²) in [6.45, 7) is 3.55. The van der Waals surface area contributed by atoms with E-state index in [0.717, 1.165) is 25.7 Å². The molecule has 0 saturated heterocycles. The first kappa shape index (κ1) is 14.2. The van der Waals surface area contributed by atoms with Gasteiger partial charge in [0.2, 0.25) is 0 Å². The second-order valence-electron chi connectivity index (χ2n) is 4.78. The van der Waals surface area contributed by atoms with Crippen LogP contribution in [-0.2, 0) is 16.3 Å². The smallest absolute Gasteiger partial charge is 0.297 e. The zero-order valence-electron chi connectivity index (χ0n) is 10.6. The molecule has 1 aliphatic rings. The summed E-state index contributed by atoms with van der Waals surface area (Å²) in [4.78, 5) is 0.632. The van der Waals surface area contributed by atoms with Gasteiger partial charge >= 0.3 is 0 Å². The first-order valence-corrected chi connectivity index (χ1v) is 7.46. The summed E-state index contributed by atoms with van der Waals surface area (Å²) in [6, 6.07) is 1.41. The van der Waals surface area contributed by atoms with E-state index in [9.17, 15) is 8.78 Å². The van der Waals surface area contributed by atoms with Crippen molar-refractivity contribution in [3.8, 4) is 0 Å². The third kappa shape index (κ3) is 2.30. The third-order valence-electron chi connectivity index (χ3n) is 3.35. The van der Waals surface area contributed by atoms with Crippen LogP contribution in [0.3, 0.4) is 0 Å². The highest BCUT2D eigenvalue weighted by atomic mass is 35.5. The van der Waals surface area contributed by atoms with E-state index in [1.54, 1.807) is 0 Å². The normalized spacial score (nSPS) is 20.7. The Bertz CT molecular complexity index is 425. The van der Waals surface area contributed by atoms with Crippen molar-refractivity contribution >= 4 is 22.9 Å². The first-order valence-electron chi connectivity index (χ1n) is 6.27. The summed E-state index contributed by atoms with van der Waals surface area (Å²) in [5, 5.41) is 0. The lowest BCUT2D eigenvalue weighted by molar-refractivity contribution is -0.172. The van der Waals surface area contributed by atoms with E-state index in [-0.39, 0.29) is 5.56 Å². The van der Waals surface area contributed by atoms with E-state index in [4.69, 9.17) is 16.3 Å². The van der Waals surface area contributed by atoms with E-state index in [1.807, 2.05) is 13.8 Å². The molecular formula is C13H17ClF2OS. The summed E-state index contributed by atoms with van der Waals surface area (Å²) in [5.74, 6) is -2.91. The molecule has 0 N–H and O–H groups in total. The molecule has 0 aliphatic carbocycles. The van der Waals surface area contributed by atoms with Gasteiger partial charge in [-0.2, -0.15) is 8.78 Å². The molecule has 1 nitrogen and oxygen atoms in total. The Morgan fingerprint density at radius 2 is 1.94 bits per heavy atom. The van der Waals surface area contributed by atoms with Crippen molar-refractivity contribution in [2.75, 3.05) is 6.61 Å². The fourth-order valence-corrected chi connectivity index (χ4v) is 4.13. The van der Waals surface area contributed by atoms with E-state index in [0.29, 0.717) is 9.21 Å². The predicted molar refractivity (Wildman–Crippen MR) is 70.7 cm³/mol. The first-order chi connectivity index (χ1) is 8.45. The van der Waals surface area contributed by atoms with Crippen LogP contribution in [0.5, 0.6) is 0 Å². The molecule has 0 amide bonds. The van der Waals surface area contributed by atoms with Crippen LogP contribution < -0.4 is 0 Å². The highest BCUT2D eigenvalue weighted by Gasteiger charge is 2.49. The highest BCUT2D eigenvalue weighted by Crippen LogP contribution is 2.52. The van der Waals surface area contributed by atoms with Crippen LogP contribution in [0.1, 0.15) is 50.0 Å². The van der Waals surface area contributed by atoms with E-state index < -0.39 is 18.1 Å². The zero-order chi connectivity index (χ0) is 13.4. The maximum Gasteiger partial charge on any atom is 0.297 e. The number of rotatable bonds is 4. The van der Waals surface area contributed by atoms with Crippen molar-refractivity contribution in [1.29, 1.82) is 0 Å². The summed E-state index contributed by atoms with van der Waals surface area (Å²) >= 11 is 7.18. The lowest BCUT2D eigenvalue weighted by Crippen LogP contribution is -2.40. The molecule has 0 aromatic carbocycles. The Balaban J connectivity index is 2.51. The summed E-state index contributed by atoms with van der Waals surface area (Å²) < 4.78 is 33.7. The largest absolute Gasteiger partial charge is 0.363 e. The molecule has 1 aliphatic heterocycles. The molecule has 0 fully saturated rings. The van der Waals surface area contributed by atoms with Crippen LogP contribution in [0, 0.1) is 0 Å². The average molecular weight is 295 g/mol. The molecular weight excluding hydrogens is 278 g/mol. The zero-order valence-corrected chi connectivity index (χ0v) is 12.1. The second kappa shape index (κ2) is 5.06. The van der Waals surface area contributed by atoms with Crippen LogP contribution >= 0.6 is 22.9 Å². The molecule has 0 bridgehead atoms. The lowest BCUT2D eigenvalue weighted by atomic mass is 9.85. The van der Waals surface area contributed by atoms with Crippen molar-refractivity contribution in [1.82, 2.24) is 0 Å². The number of alkyl halides is 2. The Morgan fingerprint density at radius 1 is 1.33 bits per heavy atom. The Morgan fingerprint density at radius 3 is 2.50 bits per heavy atom. The van der Waals surface area contributed by atoms with Crippen LogP contribution in [0.25, 0.3) is 0 Å². The number of halogens is 3. The van der Waals surface area contributed by atoms with E-state index in [2.05, 4.69) is 0 Å². The second-order valence-corrected chi connectivity index (χ2v) is 6.46. The van der Waals surface area contributed by atoms with Crippen LogP contribution in [-0.4, -0.2) is 6.61 Å². The number of fused-ring (bicyclic) bond motifs is 1. The lowest BCUT2D eigenvalue weighted by Gasteiger charge is -2.40. The van der Waals surface area contributed by atoms with Crippen molar-refractivity contribution in [2.24, 2.45) is 0 Å². The SMILES string of the molecule is CCCC1(CCC)OCC(F)(F)c2cc(Cl)sc21. The molecule has 2 rings (SSSR count). The van der Waals surface area contributed by atoms with Gasteiger partial charge in [-0.25, -0.2) is 0 Å². The quantitative estimate of drug-likeness (QED) is 0.730. The summed E-state index contributed by atoms with van der Waals surface area (Å²) in [6.07, 6.45) is 3.34. The van der Waals surface area contributed by atoms with Gasteiger partial charge in [-0.3, -0.25) is 0 Å². The van der Waals surface area contributed by atoms with Crippen molar-refractivity contribution in [3.63, 3.8) is 0 Å². The Labute approximate surface area is 115 Å². The van der Waals surface area contributed by atoms with E-state index >= 15 is 0 Å². The molecule has 2 heterocycles. The molecule has 0 unspecified atom stereocenters. The van der Waals surface area contributed by atoms with Crippen LogP contribution in [0.2, 0.25) is 4.34 Å². The standard InChI is InChI=1S/C13H17ClF2OS/c1-3-5-12(6-4-2)11-9(7-10(14)18-11)13(15,16)8-17-12/h7H,3-6,8H2,1-2H3. The predicted octanol–water partition coefficient (Wildman–Crippen LogP) is 5.32. The van der Waals surface area contributed by atoms with Crippen molar-refractivity contribution < 1.29 is 13.5 Å². The number of hydrogen-bond donors (Lipinski definition) is 0. The third-order valence-corrected chi connectivity index (χ3v) is 4.80.